The molecule has 0 radical (unpaired) electrons. The lowest BCUT2D eigenvalue weighted by atomic mass is 10.1. The van der Waals surface area contributed by atoms with E-state index < -0.39 is 25.7 Å². The Bertz CT molecular complexity index is 256. The summed E-state index contributed by atoms with van der Waals surface area (Å²) in [6.45, 7) is 17.1. The van der Waals surface area contributed by atoms with Gasteiger partial charge in [-0.2, -0.15) is 0 Å². The van der Waals surface area contributed by atoms with Crippen LogP contribution in [0, 0.1) is 0 Å². The van der Waals surface area contributed by atoms with E-state index in [0.717, 1.165) is 6.61 Å². The topological polar surface area (TPSA) is 18.5 Å². The quantitative estimate of drug-likeness (QED) is 0.310. The predicted octanol–water partition coefficient (Wildman–Crippen LogP) is 5.77. The fraction of sp³-hybridized carbons (Fsp3) is 1.00. The van der Waals surface area contributed by atoms with E-state index >= 15 is 0 Å². The van der Waals surface area contributed by atoms with E-state index in [0.29, 0.717) is 0 Å². The lowest BCUT2D eigenvalue weighted by Crippen LogP contribution is -2.34. The van der Waals surface area contributed by atoms with Gasteiger partial charge in [-0.1, -0.05) is 38.5 Å². The first-order chi connectivity index (χ1) is 9.68. The summed E-state index contributed by atoms with van der Waals surface area (Å²) in [7, 11) is -3.49. The first-order valence-electron chi connectivity index (χ1n) is 9.00. The second kappa shape index (κ2) is 11.2. The van der Waals surface area contributed by atoms with Crippen LogP contribution in [0.5, 0.6) is 0 Å². The maximum absolute atomic E-state index is 6.21. The molecule has 0 heterocycles. The molecule has 0 spiro atoms. The molecule has 0 amide bonds. The Labute approximate surface area is 138 Å². The van der Waals surface area contributed by atoms with Gasteiger partial charge >= 0.3 is 0 Å². The maximum atomic E-state index is 6.21. The zero-order valence-electron chi connectivity index (χ0n) is 15.8. The standard InChI is InChI=1S/C16H40O2Si3/c1-8-17-20(4,5)15-13-11-9-10-12-14-16-21(6,7)18-19(2)3/h19H,8-16H2,1-7H3. The van der Waals surface area contributed by atoms with Crippen LogP contribution < -0.4 is 0 Å². The molecule has 0 saturated carbocycles. The van der Waals surface area contributed by atoms with Gasteiger partial charge in [-0.05, 0) is 58.3 Å². The third-order valence-corrected chi connectivity index (χ3v) is 12.5. The summed E-state index contributed by atoms with van der Waals surface area (Å²) >= 11 is 0. The van der Waals surface area contributed by atoms with Crippen LogP contribution in [-0.2, 0) is 8.54 Å². The summed E-state index contributed by atoms with van der Waals surface area (Å²) < 4.78 is 12.1. The Morgan fingerprint density at radius 3 is 1.57 bits per heavy atom. The Morgan fingerprint density at radius 1 is 0.714 bits per heavy atom. The minimum Gasteiger partial charge on any atom is -0.458 e. The third kappa shape index (κ3) is 13.9. The van der Waals surface area contributed by atoms with Crippen molar-refractivity contribution in [3.63, 3.8) is 0 Å². The average molecular weight is 349 g/mol. The highest BCUT2D eigenvalue weighted by molar-refractivity contribution is 6.77. The van der Waals surface area contributed by atoms with E-state index in [1.165, 1.54) is 50.6 Å². The van der Waals surface area contributed by atoms with Gasteiger partial charge in [0.25, 0.3) is 0 Å². The molecule has 128 valence electrons. The van der Waals surface area contributed by atoms with Crippen LogP contribution in [0.1, 0.15) is 45.4 Å². The van der Waals surface area contributed by atoms with E-state index in [4.69, 9.17) is 8.54 Å². The number of hydrogen-bond acceptors (Lipinski definition) is 2. The van der Waals surface area contributed by atoms with Crippen molar-refractivity contribution in [2.45, 2.75) is 96.8 Å². The van der Waals surface area contributed by atoms with E-state index in [2.05, 4.69) is 46.2 Å². The maximum Gasteiger partial charge on any atom is 0.186 e. The molecular weight excluding hydrogens is 308 g/mol. The number of unbranched alkanes of at least 4 members (excludes halogenated alkanes) is 5. The van der Waals surface area contributed by atoms with Crippen LogP contribution in [0.2, 0.25) is 51.4 Å². The first kappa shape index (κ1) is 21.6. The normalized spacial score (nSPS) is 13.1. The molecule has 0 fully saturated rings. The Kier molecular flexibility index (Phi) is 11.5. The van der Waals surface area contributed by atoms with Gasteiger partial charge in [0.2, 0.25) is 0 Å². The van der Waals surface area contributed by atoms with E-state index in [1.807, 2.05) is 0 Å². The van der Waals surface area contributed by atoms with Gasteiger partial charge in [0.1, 0.15) is 0 Å². The molecule has 0 aliphatic heterocycles. The molecule has 0 saturated heterocycles. The Hall–Kier alpha value is 0.571. The van der Waals surface area contributed by atoms with Gasteiger partial charge in [-0.3, -0.25) is 0 Å². The summed E-state index contributed by atoms with van der Waals surface area (Å²) in [4.78, 5) is 0. The summed E-state index contributed by atoms with van der Waals surface area (Å²) in [6, 6.07) is 2.68. The highest BCUT2D eigenvalue weighted by Gasteiger charge is 2.22. The molecule has 21 heavy (non-hydrogen) atoms. The van der Waals surface area contributed by atoms with Gasteiger partial charge in [0.05, 0.1) is 0 Å². The molecule has 0 aromatic carbocycles. The molecular formula is C16H40O2Si3. The van der Waals surface area contributed by atoms with Crippen molar-refractivity contribution in [1.29, 1.82) is 0 Å². The van der Waals surface area contributed by atoms with Crippen LogP contribution in [0.25, 0.3) is 0 Å². The van der Waals surface area contributed by atoms with Crippen molar-refractivity contribution in [2.75, 3.05) is 6.61 Å². The molecule has 0 aromatic rings. The van der Waals surface area contributed by atoms with Crippen molar-refractivity contribution in [2.24, 2.45) is 0 Å². The lowest BCUT2D eigenvalue weighted by molar-refractivity contribution is 0.327. The highest BCUT2D eigenvalue weighted by atomic mass is 28.4. The molecule has 0 aliphatic rings. The Balaban J connectivity index is 3.49. The molecule has 0 atom stereocenters. The Morgan fingerprint density at radius 2 is 1.14 bits per heavy atom. The smallest absolute Gasteiger partial charge is 0.186 e. The molecule has 0 bridgehead atoms. The van der Waals surface area contributed by atoms with Gasteiger partial charge in [-0.25, -0.2) is 0 Å². The predicted molar refractivity (Wildman–Crippen MR) is 104 cm³/mol. The van der Waals surface area contributed by atoms with Crippen LogP contribution in [0.4, 0.5) is 0 Å². The van der Waals surface area contributed by atoms with Gasteiger partial charge in [0.15, 0.2) is 25.7 Å². The molecule has 0 rings (SSSR count). The number of hydrogen-bond donors (Lipinski definition) is 0. The largest absolute Gasteiger partial charge is 0.458 e. The second-order valence-electron chi connectivity index (χ2n) is 7.74. The second-order valence-corrected chi connectivity index (χ2v) is 19.1. The lowest BCUT2D eigenvalue weighted by Gasteiger charge is -2.25. The summed E-state index contributed by atoms with van der Waals surface area (Å²) in [5.74, 6) is 0. The molecule has 2 nitrogen and oxygen atoms in total. The van der Waals surface area contributed by atoms with Crippen molar-refractivity contribution in [3.05, 3.63) is 0 Å². The van der Waals surface area contributed by atoms with Crippen molar-refractivity contribution >= 4 is 25.7 Å². The van der Waals surface area contributed by atoms with Gasteiger partial charge < -0.3 is 8.54 Å². The van der Waals surface area contributed by atoms with Crippen molar-refractivity contribution < 1.29 is 8.54 Å². The molecule has 5 heteroatoms. The monoisotopic (exact) mass is 348 g/mol. The first-order valence-corrected chi connectivity index (χ1v) is 18.0. The minimum absolute atomic E-state index is 0.839. The molecule has 0 aliphatic carbocycles. The van der Waals surface area contributed by atoms with E-state index in [9.17, 15) is 0 Å². The average Bonchev–Trinajstić information content (AvgIpc) is 2.30. The van der Waals surface area contributed by atoms with Crippen LogP contribution in [0.15, 0.2) is 0 Å². The third-order valence-electron chi connectivity index (χ3n) is 3.90. The fourth-order valence-corrected chi connectivity index (χ4v) is 11.7. The van der Waals surface area contributed by atoms with Crippen LogP contribution in [-0.4, -0.2) is 32.3 Å². The SMILES string of the molecule is CCO[Si](C)(C)CCCCCCCC[Si](C)(C)O[SiH](C)C. The summed E-state index contributed by atoms with van der Waals surface area (Å²) in [5, 5.41) is 0. The van der Waals surface area contributed by atoms with E-state index in [1.54, 1.807) is 0 Å². The van der Waals surface area contributed by atoms with Crippen LogP contribution in [0.3, 0.4) is 0 Å². The van der Waals surface area contributed by atoms with Crippen molar-refractivity contribution in [1.82, 2.24) is 0 Å². The zero-order valence-corrected chi connectivity index (χ0v) is 18.9. The highest BCUT2D eigenvalue weighted by Crippen LogP contribution is 2.20. The molecule has 0 N–H and O–H groups in total. The molecule has 0 aromatic heterocycles. The number of rotatable bonds is 13. The zero-order chi connectivity index (χ0) is 16.4. The fourth-order valence-electron chi connectivity index (χ4n) is 2.97. The van der Waals surface area contributed by atoms with Gasteiger partial charge in [0, 0.05) is 6.61 Å². The van der Waals surface area contributed by atoms with E-state index in [-0.39, 0.29) is 0 Å². The summed E-state index contributed by atoms with van der Waals surface area (Å²) in [5.41, 5.74) is 0. The van der Waals surface area contributed by atoms with Crippen molar-refractivity contribution in [3.8, 4) is 0 Å². The minimum atomic E-state index is -1.33. The summed E-state index contributed by atoms with van der Waals surface area (Å²) in [6.07, 6.45) is 8.32. The van der Waals surface area contributed by atoms with Crippen LogP contribution >= 0.6 is 0 Å². The van der Waals surface area contributed by atoms with Gasteiger partial charge in [-0.15, -0.1) is 0 Å². The molecule has 0 unspecified atom stereocenters.